The maximum absolute atomic E-state index is 13.8. The molecule has 0 heterocycles. The van der Waals surface area contributed by atoms with Crippen molar-refractivity contribution >= 4 is 0 Å². The van der Waals surface area contributed by atoms with Gasteiger partial charge >= 0.3 is 0 Å². The molecule has 3 aliphatic rings. The Hall–Kier alpha value is -0.890. The van der Waals surface area contributed by atoms with E-state index in [1.54, 1.807) is 12.1 Å². The molecule has 3 saturated carbocycles. The molecule has 1 aromatic rings. The molecule has 3 aliphatic carbocycles. The van der Waals surface area contributed by atoms with Crippen molar-refractivity contribution in [2.24, 2.45) is 17.8 Å². The molecule has 4 atom stereocenters. The SMILES string of the molecule is CC(NC1CC(c2ccccc2F)C1)C1CC2CCC1C2. The Balaban J connectivity index is 1.29. The van der Waals surface area contributed by atoms with Crippen molar-refractivity contribution in [1.29, 1.82) is 0 Å². The molecular formula is C19H26FN. The minimum absolute atomic E-state index is 0.0258. The van der Waals surface area contributed by atoms with Crippen molar-refractivity contribution in [3.63, 3.8) is 0 Å². The van der Waals surface area contributed by atoms with E-state index in [2.05, 4.69) is 12.2 Å². The summed E-state index contributed by atoms with van der Waals surface area (Å²) in [6.45, 7) is 2.38. The van der Waals surface area contributed by atoms with Crippen molar-refractivity contribution in [2.75, 3.05) is 0 Å². The molecule has 21 heavy (non-hydrogen) atoms. The number of fused-ring (bicyclic) bond motifs is 2. The smallest absolute Gasteiger partial charge is 0.126 e. The van der Waals surface area contributed by atoms with E-state index in [1.807, 2.05) is 12.1 Å². The molecule has 0 amide bonds. The number of nitrogens with one attached hydrogen (secondary N) is 1. The highest BCUT2D eigenvalue weighted by Gasteiger charge is 2.43. The minimum Gasteiger partial charge on any atom is -0.311 e. The third-order valence-electron chi connectivity index (χ3n) is 6.42. The summed E-state index contributed by atoms with van der Waals surface area (Å²) in [5, 5.41) is 3.84. The number of rotatable bonds is 4. The molecular weight excluding hydrogens is 261 g/mol. The lowest BCUT2D eigenvalue weighted by atomic mass is 9.74. The molecule has 3 fully saturated rings. The van der Waals surface area contributed by atoms with Crippen LogP contribution in [0, 0.1) is 23.6 Å². The lowest BCUT2D eigenvalue weighted by Crippen LogP contribution is -2.48. The van der Waals surface area contributed by atoms with Gasteiger partial charge in [0.25, 0.3) is 0 Å². The van der Waals surface area contributed by atoms with Gasteiger partial charge in [-0.1, -0.05) is 24.6 Å². The maximum atomic E-state index is 13.8. The molecule has 0 aliphatic heterocycles. The van der Waals surface area contributed by atoms with E-state index in [1.165, 1.54) is 25.7 Å². The first kappa shape index (κ1) is 13.8. The van der Waals surface area contributed by atoms with Crippen molar-refractivity contribution in [3.05, 3.63) is 35.6 Å². The number of halogens is 1. The van der Waals surface area contributed by atoms with Gasteiger partial charge in [0.1, 0.15) is 5.82 Å². The van der Waals surface area contributed by atoms with Crippen LogP contribution in [0.25, 0.3) is 0 Å². The van der Waals surface area contributed by atoms with Gasteiger partial charge in [-0.15, -0.1) is 0 Å². The van der Waals surface area contributed by atoms with Crippen LogP contribution >= 0.6 is 0 Å². The standard InChI is InChI=1S/C19H26FN/c1-12(18-9-13-6-7-14(18)8-13)21-16-10-15(11-16)17-4-2-3-5-19(17)20/h2-5,12-16,18,21H,6-11H2,1H3. The van der Waals surface area contributed by atoms with Crippen LogP contribution in [0.15, 0.2) is 24.3 Å². The molecule has 0 radical (unpaired) electrons. The summed E-state index contributed by atoms with van der Waals surface area (Å²) in [6.07, 6.45) is 8.08. The molecule has 0 aromatic heterocycles. The first-order valence-corrected chi connectivity index (χ1v) is 8.71. The van der Waals surface area contributed by atoms with E-state index >= 15 is 0 Å². The van der Waals surface area contributed by atoms with Crippen LogP contribution in [-0.4, -0.2) is 12.1 Å². The van der Waals surface area contributed by atoms with Gasteiger partial charge in [0.05, 0.1) is 0 Å². The lowest BCUT2D eigenvalue weighted by Gasteiger charge is -2.40. The molecule has 114 valence electrons. The Labute approximate surface area is 127 Å². The average Bonchev–Trinajstić information content (AvgIpc) is 3.06. The average molecular weight is 287 g/mol. The number of benzene rings is 1. The molecule has 4 unspecified atom stereocenters. The van der Waals surface area contributed by atoms with Gasteiger partial charge in [0.2, 0.25) is 0 Å². The maximum Gasteiger partial charge on any atom is 0.126 e. The molecule has 1 N–H and O–H groups in total. The predicted molar refractivity (Wildman–Crippen MR) is 83.7 cm³/mol. The lowest BCUT2D eigenvalue weighted by molar-refractivity contribution is 0.198. The van der Waals surface area contributed by atoms with Gasteiger partial charge in [-0.25, -0.2) is 4.39 Å². The van der Waals surface area contributed by atoms with Gasteiger partial charge in [-0.3, -0.25) is 0 Å². The van der Waals surface area contributed by atoms with E-state index in [0.29, 0.717) is 18.0 Å². The van der Waals surface area contributed by atoms with Crippen molar-refractivity contribution in [2.45, 2.75) is 63.5 Å². The Morgan fingerprint density at radius 2 is 1.90 bits per heavy atom. The summed E-state index contributed by atoms with van der Waals surface area (Å²) in [4.78, 5) is 0. The fraction of sp³-hybridized carbons (Fsp3) is 0.684. The van der Waals surface area contributed by atoms with Crippen molar-refractivity contribution in [1.82, 2.24) is 5.32 Å². The molecule has 0 spiro atoms. The minimum atomic E-state index is -0.0258. The van der Waals surface area contributed by atoms with E-state index in [9.17, 15) is 4.39 Å². The monoisotopic (exact) mass is 287 g/mol. The van der Waals surface area contributed by atoms with E-state index in [-0.39, 0.29) is 5.82 Å². The van der Waals surface area contributed by atoms with Crippen molar-refractivity contribution < 1.29 is 4.39 Å². The molecule has 0 saturated heterocycles. The summed E-state index contributed by atoms with van der Waals surface area (Å²) >= 11 is 0. The first-order valence-electron chi connectivity index (χ1n) is 8.71. The van der Waals surface area contributed by atoms with Crippen LogP contribution in [0.3, 0.4) is 0 Å². The molecule has 1 nitrogen and oxygen atoms in total. The van der Waals surface area contributed by atoms with Crippen LogP contribution in [-0.2, 0) is 0 Å². The molecule has 4 rings (SSSR count). The summed E-state index contributed by atoms with van der Waals surface area (Å²) in [5.41, 5.74) is 0.920. The Kier molecular flexibility index (Phi) is 3.53. The van der Waals surface area contributed by atoms with Gasteiger partial charge in [0, 0.05) is 12.1 Å². The summed E-state index contributed by atoms with van der Waals surface area (Å²) in [5.74, 6) is 3.31. The fourth-order valence-electron chi connectivity index (χ4n) is 5.22. The summed E-state index contributed by atoms with van der Waals surface area (Å²) < 4.78 is 13.8. The first-order chi connectivity index (χ1) is 10.2. The van der Waals surface area contributed by atoms with Crippen LogP contribution < -0.4 is 5.32 Å². The second kappa shape index (κ2) is 5.39. The Morgan fingerprint density at radius 1 is 1.10 bits per heavy atom. The largest absolute Gasteiger partial charge is 0.311 e. The zero-order chi connectivity index (χ0) is 14.4. The highest BCUT2D eigenvalue weighted by atomic mass is 19.1. The van der Waals surface area contributed by atoms with Gasteiger partial charge in [-0.2, -0.15) is 0 Å². The topological polar surface area (TPSA) is 12.0 Å². The van der Waals surface area contributed by atoms with E-state index < -0.39 is 0 Å². The predicted octanol–water partition coefficient (Wildman–Crippen LogP) is 4.49. The van der Waals surface area contributed by atoms with Crippen LogP contribution in [0.4, 0.5) is 4.39 Å². The zero-order valence-electron chi connectivity index (χ0n) is 12.9. The second-order valence-corrected chi connectivity index (χ2v) is 7.68. The van der Waals surface area contributed by atoms with Crippen LogP contribution in [0.2, 0.25) is 0 Å². The third-order valence-corrected chi connectivity index (χ3v) is 6.42. The fourth-order valence-corrected chi connectivity index (χ4v) is 5.22. The normalized spacial score (nSPS) is 39.2. The molecule has 2 bridgehead atoms. The zero-order valence-corrected chi connectivity index (χ0v) is 12.9. The number of hydrogen-bond acceptors (Lipinski definition) is 1. The van der Waals surface area contributed by atoms with Gasteiger partial charge in [-0.05, 0) is 74.3 Å². The van der Waals surface area contributed by atoms with E-state index in [4.69, 9.17) is 0 Å². The quantitative estimate of drug-likeness (QED) is 0.860. The van der Waals surface area contributed by atoms with E-state index in [0.717, 1.165) is 36.2 Å². The van der Waals surface area contributed by atoms with Crippen LogP contribution in [0.1, 0.15) is 56.9 Å². The Bertz CT molecular complexity index is 508. The highest BCUT2D eigenvalue weighted by molar-refractivity contribution is 5.24. The third kappa shape index (κ3) is 2.52. The summed E-state index contributed by atoms with van der Waals surface area (Å²) in [7, 11) is 0. The second-order valence-electron chi connectivity index (χ2n) is 7.68. The van der Waals surface area contributed by atoms with Crippen LogP contribution in [0.5, 0.6) is 0 Å². The Morgan fingerprint density at radius 3 is 2.57 bits per heavy atom. The van der Waals surface area contributed by atoms with Gasteiger partial charge < -0.3 is 5.32 Å². The number of hydrogen-bond donors (Lipinski definition) is 1. The van der Waals surface area contributed by atoms with Crippen molar-refractivity contribution in [3.8, 4) is 0 Å². The molecule has 1 aromatic carbocycles. The highest BCUT2D eigenvalue weighted by Crippen LogP contribution is 2.50. The summed E-state index contributed by atoms with van der Waals surface area (Å²) in [6, 6.07) is 8.53. The van der Waals surface area contributed by atoms with Gasteiger partial charge in [0.15, 0.2) is 0 Å². The molecule has 2 heteroatoms.